The summed E-state index contributed by atoms with van der Waals surface area (Å²) in [6.45, 7) is 2.17. The number of nitrogens with zero attached hydrogens (tertiary/aromatic N) is 1. The van der Waals surface area contributed by atoms with E-state index in [0.29, 0.717) is 12.1 Å². The molecule has 0 aromatic heterocycles. The molecule has 0 aliphatic carbocycles. The quantitative estimate of drug-likeness (QED) is 0.743. The van der Waals surface area contributed by atoms with E-state index in [0.717, 1.165) is 5.56 Å². The van der Waals surface area contributed by atoms with Crippen molar-refractivity contribution >= 4 is 15.9 Å². The van der Waals surface area contributed by atoms with Gasteiger partial charge in [0, 0.05) is 20.1 Å². The number of rotatable bonds is 7. The Morgan fingerprint density at radius 1 is 1.35 bits per heavy atom. The molecule has 0 saturated carbocycles. The van der Waals surface area contributed by atoms with E-state index in [4.69, 9.17) is 5.73 Å². The van der Waals surface area contributed by atoms with Gasteiger partial charge in [-0.1, -0.05) is 31.2 Å². The number of nitrogens with two attached hydrogens (primary N) is 1. The summed E-state index contributed by atoms with van der Waals surface area (Å²) in [5.74, 6) is -0.461. The summed E-state index contributed by atoms with van der Waals surface area (Å²) in [7, 11) is -2.04. The predicted octanol–water partition coefficient (Wildman–Crippen LogP) is 0.0430. The molecule has 1 aromatic rings. The van der Waals surface area contributed by atoms with Crippen LogP contribution >= 0.6 is 0 Å². The maximum Gasteiger partial charge on any atom is 0.235 e. The molecular weight excluding hydrogens is 278 g/mol. The molecule has 0 aliphatic rings. The first kappa shape index (κ1) is 16.6. The largest absolute Gasteiger partial charge is 0.358 e. The van der Waals surface area contributed by atoms with Crippen molar-refractivity contribution in [3.63, 3.8) is 0 Å². The van der Waals surface area contributed by atoms with Crippen LogP contribution in [0.25, 0.3) is 0 Å². The van der Waals surface area contributed by atoms with Crippen molar-refractivity contribution in [3.05, 3.63) is 35.4 Å². The van der Waals surface area contributed by atoms with Crippen LogP contribution in [0.5, 0.6) is 0 Å². The summed E-state index contributed by atoms with van der Waals surface area (Å²) in [6.07, 6.45) is 0. The summed E-state index contributed by atoms with van der Waals surface area (Å²) in [6, 6.07) is 7.13. The number of likely N-dealkylation sites (N-methyl/N-ethyl adjacent to an activating group) is 2. The first-order valence-electron chi connectivity index (χ1n) is 6.39. The highest BCUT2D eigenvalue weighted by atomic mass is 32.2. The van der Waals surface area contributed by atoms with Gasteiger partial charge >= 0.3 is 0 Å². The lowest BCUT2D eigenvalue weighted by molar-refractivity contribution is -0.120. The lowest BCUT2D eigenvalue weighted by Crippen LogP contribution is -2.40. The molecule has 1 rings (SSSR count). The Kier molecular flexibility index (Phi) is 6.12. The monoisotopic (exact) mass is 299 g/mol. The van der Waals surface area contributed by atoms with Crippen molar-refractivity contribution in [2.75, 3.05) is 20.1 Å². The Balaban J connectivity index is 2.88. The minimum absolute atomic E-state index is 0.133. The molecule has 7 heteroatoms. The van der Waals surface area contributed by atoms with Gasteiger partial charge in [0.25, 0.3) is 0 Å². The molecule has 1 amide bonds. The van der Waals surface area contributed by atoms with Crippen LogP contribution < -0.4 is 11.1 Å². The van der Waals surface area contributed by atoms with Gasteiger partial charge in [0.15, 0.2) is 0 Å². The van der Waals surface area contributed by atoms with Crippen LogP contribution in [0.2, 0.25) is 0 Å². The van der Waals surface area contributed by atoms with E-state index in [-0.39, 0.29) is 24.7 Å². The number of sulfonamides is 1. The van der Waals surface area contributed by atoms with Gasteiger partial charge in [0.1, 0.15) is 0 Å². The number of amides is 1. The minimum atomic E-state index is -3.52. The van der Waals surface area contributed by atoms with Gasteiger partial charge in [-0.15, -0.1) is 0 Å². The number of carbonyl (C=O) groups excluding carboxylic acids is 1. The van der Waals surface area contributed by atoms with E-state index in [1.54, 1.807) is 25.1 Å². The van der Waals surface area contributed by atoms with Crippen LogP contribution in [0, 0.1) is 0 Å². The molecule has 0 bridgehead atoms. The van der Waals surface area contributed by atoms with E-state index in [1.165, 1.54) is 11.4 Å². The zero-order valence-electron chi connectivity index (χ0n) is 11.8. The third-order valence-electron chi connectivity index (χ3n) is 2.92. The fourth-order valence-electron chi connectivity index (χ4n) is 1.79. The zero-order valence-corrected chi connectivity index (χ0v) is 12.6. The number of hydrogen-bond donors (Lipinski definition) is 2. The Morgan fingerprint density at radius 3 is 2.55 bits per heavy atom. The van der Waals surface area contributed by atoms with E-state index in [2.05, 4.69) is 5.32 Å². The summed E-state index contributed by atoms with van der Waals surface area (Å²) in [4.78, 5) is 11.3. The van der Waals surface area contributed by atoms with Gasteiger partial charge < -0.3 is 11.1 Å². The molecule has 0 saturated heterocycles. The Bertz CT molecular complexity index is 558. The molecule has 112 valence electrons. The zero-order chi connectivity index (χ0) is 15.2. The first-order chi connectivity index (χ1) is 9.42. The van der Waals surface area contributed by atoms with Gasteiger partial charge in [0.2, 0.25) is 15.9 Å². The SMILES string of the molecule is CCN(CC(=O)NC)S(=O)(=O)Cc1cccc(CN)c1. The van der Waals surface area contributed by atoms with Crippen molar-refractivity contribution in [2.24, 2.45) is 5.73 Å². The maximum atomic E-state index is 12.3. The highest BCUT2D eigenvalue weighted by Gasteiger charge is 2.23. The number of carbonyl (C=O) groups is 1. The first-order valence-corrected chi connectivity index (χ1v) is 8.00. The predicted molar refractivity (Wildman–Crippen MR) is 78.3 cm³/mol. The lowest BCUT2D eigenvalue weighted by Gasteiger charge is -2.19. The lowest BCUT2D eigenvalue weighted by atomic mass is 10.1. The van der Waals surface area contributed by atoms with Crippen molar-refractivity contribution in [2.45, 2.75) is 19.2 Å². The summed E-state index contributed by atoms with van der Waals surface area (Å²) >= 11 is 0. The maximum absolute atomic E-state index is 12.3. The fraction of sp³-hybridized carbons (Fsp3) is 0.462. The Hall–Kier alpha value is -1.44. The van der Waals surface area contributed by atoms with E-state index in [9.17, 15) is 13.2 Å². The van der Waals surface area contributed by atoms with E-state index in [1.807, 2.05) is 6.07 Å². The fourth-order valence-corrected chi connectivity index (χ4v) is 3.29. The molecule has 0 atom stereocenters. The van der Waals surface area contributed by atoms with Crippen LogP contribution in [0.4, 0.5) is 0 Å². The van der Waals surface area contributed by atoms with Crippen molar-refractivity contribution < 1.29 is 13.2 Å². The van der Waals surface area contributed by atoms with Crippen molar-refractivity contribution in [3.8, 4) is 0 Å². The van der Waals surface area contributed by atoms with Gasteiger partial charge in [-0.2, -0.15) is 4.31 Å². The molecule has 3 N–H and O–H groups in total. The average molecular weight is 299 g/mol. The minimum Gasteiger partial charge on any atom is -0.358 e. The topological polar surface area (TPSA) is 92.5 Å². The van der Waals surface area contributed by atoms with Crippen LogP contribution in [0.1, 0.15) is 18.1 Å². The van der Waals surface area contributed by atoms with Gasteiger partial charge in [0.05, 0.1) is 12.3 Å². The van der Waals surface area contributed by atoms with Gasteiger partial charge in [-0.05, 0) is 11.1 Å². The molecular formula is C13H21N3O3S. The van der Waals surface area contributed by atoms with Crippen LogP contribution in [-0.2, 0) is 27.1 Å². The second-order valence-electron chi connectivity index (χ2n) is 4.38. The highest BCUT2D eigenvalue weighted by molar-refractivity contribution is 7.88. The normalized spacial score (nSPS) is 11.6. The van der Waals surface area contributed by atoms with Crippen LogP contribution in [0.3, 0.4) is 0 Å². The molecule has 0 spiro atoms. The standard InChI is InChI=1S/C13H21N3O3S/c1-3-16(9-13(17)15-2)20(18,19)10-12-6-4-5-11(7-12)8-14/h4-7H,3,8-10,14H2,1-2H3,(H,15,17). The Labute approximate surface area is 120 Å². The second kappa shape index (κ2) is 7.37. The van der Waals surface area contributed by atoms with Crippen LogP contribution in [0.15, 0.2) is 24.3 Å². The third kappa shape index (κ3) is 4.59. The summed E-state index contributed by atoms with van der Waals surface area (Å²) in [5.41, 5.74) is 7.09. The highest BCUT2D eigenvalue weighted by Crippen LogP contribution is 2.12. The second-order valence-corrected chi connectivity index (χ2v) is 6.35. The summed E-state index contributed by atoms with van der Waals surface area (Å²) in [5, 5.41) is 2.42. The molecule has 0 radical (unpaired) electrons. The molecule has 6 nitrogen and oxygen atoms in total. The number of benzene rings is 1. The molecule has 0 aliphatic heterocycles. The van der Waals surface area contributed by atoms with Crippen LogP contribution in [-0.4, -0.2) is 38.8 Å². The van der Waals surface area contributed by atoms with Crippen molar-refractivity contribution in [1.29, 1.82) is 0 Å². The molecule has 20 heavy (non-hydrogen) atoms. The smallest absolute Gasteiger partial charge is 0.235 e. The molecule has 0 unspecified atom stereocenters. The average Bonchev–Trinajstić information content (AvgIpc) is 2.43. The summed E-state index contributed by atoms with van der Waals surface area (Å²) < 4.78 is 25.8. The molecule has 1 aromatic carbocycles. The number of hydrogen-bond acceptors (Lipinski definition) is 4. The van der Waals surface area contributed by atoms with E-state index < -0.39 is 10.0 Å². The molecule has 0 heterocycles. The van der Waals surface area contributed by atoms with Crippen molar-refractivity contribution in [1.82, 2.24) is 9.62 Å². The number of nitrogens with one attached hydrogen (secondary N) is 1. The molecule has 0 fully saturated rings. The Morgan fingerprint density at radius 2 is 2.00 bits per heavy atom. The van der Waals surface area contributed by atoms with E-state index >= 15 is 0 Å². The van der Waals surface area contributed by atoms with Gasteiger partial charge in [-0.3, -0.25) is 4.79 Å². The van der Waals surface area contributed by atoms with Gasteiger partial charge in [-0.25, -0.2) is 8.42 Å². The third-order valence-corrected chi connectivity index (χ3v) is 4.79.